The molecule has 0 aliphatic rings. The maximum absolute atomic E-state index is 12.6. The lowest BCUT2D eigenvalue weighted by Gasteiger charge is -2.22. The molecule has 156 valence electrons. The third-order valence-electron chi connectivity index (χ3n) is 3.33. The third-order valence-corrected chi connectivity index (χ3v) is 4.58. The van der Waals surface area contributed by atoms with E-state index in [-0.39, 0.29) is 25.4 Å². The van der Waals surface area contributed by atoms with Gasteiger partial charge in [-0.3, -0.25) is 9.59 Å². The second-order valence-electron chi connectivity index (χ2n) is 6.93. The zero-order chi connectivity index (χ0) is 21.2. The molecule has 1 unspecified atom stereocenters. The minimum Gasteiger partial charge on any atom is -0.496 e. The number of hydrogen-bond acceptors (Lipinski definition) is 6. The van der Waals surface area contributed by atoms with Crippen molar-refractivity contribution in [3.63, 3.8) is 0 Å². The molecule has 1 aromatic carbocycles. The van der Waals surface area contributed by atoms with E-state index in [0.29, 0.717) is 12.2 Å². The molecule has 0 aliphatic carbocycles. The van der Waals surface area contributed by atoms with Gasteiger partial charge in [0.2, 0.25) is 5.91 Å². The van der Waals surface area contributed by atoms with E-state index in [1.54, 1.807) is 33.9 Å². The first-order chi connectivity index (χ1) is 13.1. The Hall–Kier alpha value is -2.42. The van der Waals surface area contributed by atoms with E-state index in [9.17, 15) is 14.4 Å². The Kier molecular flexibility index (Phi) is 9.64. The number of nitrogens with one attached hydrogen (secondary N) is 2. The maximum Gasteiger partial charge on any atom is 0.407 e. The average molecular weight is 413 g/mol. The summed E-state index contributed by atoms with van der Waals surface area (Å²) in [6, 6.07) is 7.25. The number of benzene rings is 1. The van der Waals surface area contributed by atoms with Crippen LogP contribution in [0.1, 0.15) is 33.6 Å². The minimum absolute atomic E-state index is 0.0270. The Labute approximate surface area is 169 Å². The Balaban J connectivity index is 2.76. The van der Waals surface area contributed by atoms with Crippen molar-refractivity contribution in [2.45, 2.75) is 49.4 Å². The lowest BCUT2D eigenvalue weighted by Crippen LogP contribution is -2.42. The molecule has 1 rings (SSSR count). The van der Waals surface area contributed by atoms with Crippen molar-refractivity contribution in [1.82, 2.24) is 10.6 Å². The van der Waals surface area contributed by atoms with Crippen LogP contribution in [0.2, 0.25) is 0 Å². The van der Waals surface area contributed by atoms with E-state index >= 15 is 0 Å². The number of carbonyl (C=O) groups excluding carboxylic acids is 2. The molecule has 1 aromatic rings. The van der Waals surface area contributed by atoms with E-state index in [1.807, 2.05) is 18.2 Å². The summed E-state index contributed by atoms with van der Waals surface area (Å²) in [6.07, 6.45) is -0.315. The van der Waals surface area contributed by atoms with Gasteiger partial charge in [-0.15, -0.1) is 11.8 Å². The van der Waals surface area contributed by atoms with Crippen LogP contribution in [0.4, 0.5) is 4.79 Å². The first-order valence-corrected chi connectivity index (χ1v) is 9.76. The zero-order valence-corrected chi connectivity index (χ0v) is 17.4. The Bertz CT molecular complexity index is 675. The van der Waals surface area contributed by atoms with E-state index < -0.39 is 22.9 Å². The fourth-order valence-electron chi connectivity index (χ4n) is 2.11. The predicted octanol–water partition coefficient (Wildman–Crippen LogP) is 2.66. The number of carboxylic acid groups (broad SMARTS) is 1. The van der Waals surface area contributed by atoms with Crippen molar-refractivity contribution in [2.75, 3.05) is 20.2 Å². The van der Waals surface area contributed by atoms with Crippen molar-refractivity contribution in [3.05, 3.63) is 24.3 Å². The van der Waals surface area contributed by atoms with Crippen molar-refractivity contribution in [2.24, 2.45) is 0 Å². The van der Waals surface area contributed by atoms with Gasteiger partial charge in [-0.25, -0.2) is 4.79 Å². The topological polar surface area (TPSA) is 114 Å². The number of ether oxygens (including phenoxy) is 2. The molecule has 8 nitrogen and oxygen atoms in total. The Morgan fingerprint density at radius 2 is 1.86 bits per heavy atom. The highest BCUT2D eigenvalue weighted by atomic mass is 32.2. The molecule has 0 saturated heterocycles. The second-order valence-corrected chi connectivity index (χ2v) is 8.17. The number of para-hydroxylation sites is 1. The van der Waals surface area contributed by atoms with E-state index in [0.717, 1.165) is 4.90 Å². The normalized spacial score (nSPS) is 12.0. The SMILES string of the molecule is COc1ccccc1SC(CNC(=O)OC(C)(C)C)C(=O)NCCCC(=O)O. The van der Waals surface area contributed by atoms with Crippen LogP contribution in [0, 0.1) is 0 Å². The number of rotatable bonds is 10. The van der Waals surface area contributed by atoms with Gasteiger partial charge in [-0.2, -0.15) is 0 Å². The van der Waals surface area contributed by atoms with Crippen LogP contribution in [-0.2, 0) is 14.3 Å². The van der Waals surface area contributed by atoms with Crippen molar-refractivity contribution in [3.8, 4) is 5.75 Å². The average Bonchev–Trinajstić information content (AvgIpc) is 2.60. The van der Waals surface area contributed by atoms with Crippen molar-refractivity contribution in [1.29, 1.82) is 0 Å². The summed E-state index contributed by atoms with van der Waals surface area (Å²) in [6.45, 7) is 5.54. The second kappa shape index (κ2) is 11.4. The number of alkyl carbamates (subject to hydrolysis) is 1. The largest absolute Gasteiger partial charge is 0.496 e. The van der Waals surface area contributed by atoms with Gasteiger partial charge in [-0.05, 0) is 39.3 Å². The first kappa shape index (κ1) is 23.6. The van der Waals surface area contributed by atoms with Crippen LogP contribution < -0.4 is 15.4 Å². The van der Waals surface area contributed by atoms with Gasteiger partial charge in [0.05, 0.1) is 12.0 Å². The number of methoxy groups -OCH3 is 1. The van der Waals surface area contributed by atoms with Crippen LogP contribution in [-0.4, -0.2) is 54.1 Å². The van der Waals surface area contributed by atoms with Gasteiger partial charge >= 0.3 is 12.1 Å². The van der Waals surface area contributed by atoms with E-state index in [2.05, 4.69) is 10.6 Å². The van der Waals surface area contributed by atoms with Gasteiger partial charge in [0.25, 0.3) is 0 Å². The molecule has 0 aliphatic heterocycles. The molecular weight excluding hydrogens is 384 g/mol. The highest BCUT2D eigenvalue weighted by Crippen LogP contribution is 2.32. The number of thioether (sulfide) groups is 1. The quantitative estimate of drug-likeness (QED) is 0.400. The van der Waals surface area contributed by atoms with Gasteiger partial charge < -0.3 is 25.2 Å². The van der Waals surface area contributed by atoms with E-state index in [4.69, 9.17) is 14.6 Å². The smallest absolute Gasteiger partial charge is 0.407 e. The lowest BCUT2D eigenvalue weighted by atomic mass is 10.2. The highest BCUT2D eigenvalue weighted by molar-refractivity contribution is 8.00. The molecule has 28 heavy (non-hydrogen) atoms. The first-order valence-electron chi connectivity index (χ1n) is 8.88. The van der Waals surface area contributed by atoms with Crippen LogP contribution >= 0.6 is 11.8 Å². The fourth-order valence-corrected chi connectivity index (χ4v) is 3.20. The molecule has 0 radical (unpaired) electrons. The van der Waals surface area contributed by atoms with Gasteiger partial charge in [0, 0.05) is 19.5 Å². The molecule has 0 fully saturated rings. The zero-order valence-electron chi connectivity index (χ0n) is 16.6. The molecule has 9 heteroatoms. The summed E-state index contributed by atoms with van der Waals surface area (Å²) < 4.78 is 10.5. The minimum atomic E-state index is -0.916. The Morgan fingerprint density at radius 3 is 2.46 bits per heavy atom. The molecular formula is C19H28N2O6S. The van der Waals surface area contributed by atoms with Crippen LogP contribution in [0.15, 0.2) is 29.2 Å². The van der Waals surface area contributed by atoms with Crippen molar-refractivity contribution < 1.29 is 29.0 Å². The molecule has 0 spiro atoms. The summed E-state index contributed by atoms with van der Waals surface area (Å²) in [7, 11) is 1.54. The summed E-state index contributed by atoms with van der Waals surface area (Å²) >= 11 is 1.25. The molecule has 0 aromatic heterocycles. The predicted molar refractivity (Wildman–Crippen MR) is 107 cm³/mol. The molecule has 1 atom stereocenters. The van der Waals surface area contributed by atoms with Gasteiger partial charge in [0.1, 0.15) is 16.6 Å². The number of aliphatic carboxylic acids is 1. The lowest BCUT2D eigenvalue weighted by molar-refractivity contribution is -0.137. The molecule has 2 amide bonds. The highest BCUT2D eigenvalue weighted by Gasteiger charge is 2.24. The molecule has 0 saturated carbocycles. The number of carboxylic acids is 1. The van der Waals surface area contributed by atoms with Gasteiger partial charge in [-0.1, -0.05) is 12.1 Å². The standard InChI is InChI=1S/C19H28N2O6S/c1-19(2,3)27-18(25)21-12-15(17(24)20-11-7-10-16(22)23)28-14-9-6-5-8-13(14)26-4/h5-6,8-9,15H,7,10-12H2,1-4H3,(H,20,24)(H,21,25)(H,22,23). The van der Waals surface area contributed by atoms with Crippen LogP contribution in [0.5, 0.6) is 5.75 Å². The summed E-state index contributed by atoms with van der Waals surface area (Å²) in [5.74, 6) is -0.605. The third kappa shape index (κ3) is 9.50. The summed E-state index contributed by atoms with van der Waals surface area (Å²) in [4.78, 5) is 35.9. The van der Waals surface area contributed by atoms with E-state index in [1.165, 1.54) is 11.8 Å². The number of carbonyl (C=O) groups is 3. The maximum atomic E-state index is 12.6. The number of hydrogen-bond donors (Lipinski definition) is 3. The summed E-state index contributed by atoms with van der Waals surface area (Å²) in [5, 5.41) is 13.4. The molecule has 3 N–H and O–H groups in total. The molecule has 0 bridgehead atoms. The monoisotopic (exact) mass is 412 g/mol. The van der Waals surface area contributed by atoms with Crippen molar-refractivity contribution >= 4 is 29.7 Å². The van der Waals surface area contributed by atoms with Crippen LogP contribution in [0.25, 0.3) is 0 Å². The number of amides is 2. The fraction of sp³-hybridized carbons (Fsp3) is 0.526. The van der Waals surface area contributed by atoms with Gasteiger partial charge in [0.15, 0.2) is 0 Å². The Morgan fingerprint density at radius 1 is 1.18 bits per heavy atom. The van der Waals surface area contributed by atoms with Crippen LogP contribution in [0.3, 0.4) is 0 Å². The molecule has 0 heterocycles. The summed E-state index contributed by atoms with van der Waals surface area (Å²) in [5.41, 5.74) is -0.644.